The maximum absolute atomic E-state index is 9.60. The van der Waals surface area contributed by atoms with Crippen LogP contribution in [-0.4, -0.2) is 49.6 Å². The van der Waals surface area contributed by atoms with Gasteiger partial charge in [0.15, 0.2) is 11.2 Å². The summed E-state index contributed by atoms with van der Waals surface area (Å²) in [6.45, 7) is -0.0479. The van der Waals surface area contributed by atoms with Gasteiger partial charge in [-0.25, -0.2) is 9.97 Å². The Morgan fingerprint density at radius 2 is 2.28 bits per heavy atom. The number of imidazole rings is 1. The van der Waals surface area contributed by atoms with Crippen LogP contribution in [0.2, 0.25) is 0 Å². The molecule has 0 saturated heterocycles. The van der Waals surface area contributed by atoms with Gasteiger partial charge in [0.1, 0.15) is 6.33 Å². The standard InChI is InChI=1S/C11H14N4O3/c1-18-11-9-10(12-4-13-11)15(5-14-9)7-2-8(17)6(7)3-16/h4-8,16-17H,2-3H2,1H3/t6-,7+,8-/m0/s1. The summed E-state index contributed by atoms with van der Waals surface area (Å²) in [6, 6.07) is 0.0228. The zero-order valence-electron chi connectivity index (χ0n) is 9.89. The fourth-order valence-corrected chi connectivity index (χ4v) is 2.44. The number of aromatic nitrogens is 4. The van der Waals surface area contributed by atoms with E-state index in [0.717, 1.165) is 0 Å². The van der Waals surface area contributed by atoms with Crippen molar-refractivity contribution in [2.24, 2.45) is 5.92 Å². The third kappa shape index (κ3) is 1.48. The molecule has 0 aromatic carbocycles. The van der Waals surface area contributed by atoms with Gasteiger partial charge < -0.3 is 19.5 Å². The van der Waals surface area contributed by atoms with E-state index >= 15 is 0 Å². The zero-order valence-corrected chi connectivity index (χ0v) is 9.89. The second kappa shape index (κ2) is 4.18. The Bertz CT molecular complexity index is 570. The quantitative estimate of drug-likeness (QED) is 0.780. The first-order valence-corrected chi connectivity index (χ1v) is 5.76. The highest BCUT2D eigenvalue weighted by atomic mass is 16.5. The normalized spacial score (nSPS) is 27.2. The molecule has 3 atom stereocenters. The molecule has 0 amide bonds. The number of hydrogen-bond acceptors (Lipinski definition) is 6. The summed E-state index contributed by atoms with van der Waals surface area (Å²) >= 11 is 0. The van der Waals surface area contributed by atoms with Gasteiger partial charge in [0.05, 0.1) is 26.1 Å². The fraction of sp³-hybridized carbons (Fsp3) is 0.545. The first-order chi connectivity index (χ1) is 8.76. The number of aliphatic hydroxyl groups excluding tert-OH is 2. The number of hydrogen-bond donors (Lipinski definition) is 2. The lowest BCUT2D eigenvalue weighted by Gasteiger charge is -2.41. The fourth-order valence-electron chi connectivity index (χ4n) is 2.44. The summed E-state index contributed by atoms with van der Waals surface area (Å²) in [5, 5.41) is 18.8. The van der Waals surface area contributed by atoms with Crippen molar-refractivity contribution >= 4 is 11.2 Å². The Balaban J connectivity index is 2.03. The van der Waals surface area contributed by atoms with Crippen LogP contribution in [-0.2, 0) is 0 Å². The van der Waals surface area contributed by atoms with Crippen LogP contribution in [0.5, 0.6) is 5.88 Å². The summed E-state index contributed by atoms with van der Waals surface area (Å²) in [7, 11) is 1.53. The Hall–Kier alpha value is -1.73. The third-order valence-electron chi connectivity index (χ3n) is 3.56. The van der Waals surface area contributed by atoms with Crippen molar-refractivity contribution in [1.29, 1.82) is 0 Å². The smallest absolute Gasteiger partial charge is 0.245 e. The largest absolute Gasteiger partial charge is 0.479 e. The average Bonchev–Trinajstić information content (AvgIpc) is 2.79. The minimum absolute atomic E-state index is 0.0228. The van der Waals surface area contributed by atoms with Gasteiger partial charge in [-0.1, -0.05) is 0 Å². The molecule has 0 unspecified atom stereocenters. The van der Waals surface area contributed by atoms with E-state index in [1.807, 2.05) is 4.57 Å². The summed E-state index contributed by atoms with van der Waals surface area (Å²) < 4.78 is 6.99. The Morgan fingerprint density at radius 3 is 2.94 bits per heavy atom. The molecule has 0 radical (unpaired) electrons. The molecule has 0 aliphatic heterocycles. The molecule has 1 aliphatic carbocycles. The summed E-state index contributed by atoms with van der Waals surface area (Å²) in [5.74, 6) is 0.266. The minimum atomic E-state index is -0.457. The van der Waals surface area contributed by atoms with Crippen molar-refractivity contribution in [2.75, 3.05) is 13.7 Å². The van der Waals surface area contributed by atoms with Crippen LogP contribution in [0.4, 0.5) is 0 Å². The van der Waals surface area contributed by atoms with Crippen molar-refractivity contribution < 1.29 is 14.9 Å². The highest BCUT2D eigenvalue weighted by Crippen LogP contribution is 2.40. The molecular weight excluding hydrogens is 236 g/mol. The van der Waals surface area contributed by atoms with Crippen LogP contribution in [0.1, 0.15) is 12.5 Å². The molecule has 1 aliphatic rings. The number of ether oxygens (including phenoxy) is 1. The average molecular weight is 250 g/mol. The first-order valence-electron chi connectivity index (χ1n) is 5.76. The predicted molar refractivity (Wildman–Crippen MR) is 62.1 cm³/mol. The lowest BCUT2D eigenvalue weighted by atomic mass is 9.77. The van der Waals surface area contributed by atoms with Crippen LogP contribution in [0, 0.1) is 5.92 Å². The van der Waals surface area contributed by atoms with Gasteiger partial charge in [-0.05, 0) is 6.42 Å². The molecule has 2 aromatic heterocycles. The topological polar surface area (TPSA) is 93.3 Å². The van der Waals surface area contributed by atoms with E-state index in [1.165, 1.54) is 13.4 Å². The SMILES string of the molecule is COc1ncnc2c1ncn2[C@@H]1C[C@H](O)[C@H]1CO. The number of fused-ring (bicyclic) bond motifs is 1. The van der Waals surface area contributed by atoms with E-state index in [2.05, 4.69) is 15.0 Å². The molecule has 1 fully saturated rings. The van der Waals surface area contributed by atoms with Crippen LogP contribution in [0.3, 0.4) is 0 Å². The second-order valence-electron chi connectivity index (χ2n) is 4.42. The maximum Gasteiger partial charge on any atom is 0.245 e. The number of aliphatic hydroxyl groups is 2. The molecule has 0 spiro atoms. The minimum Gasteiger partial charge on any atom is -0.479 e. The highest BCUT2D eigenvalue weighted by molar-refractivity contribution is 5.76. The monoisotopic (exact) mass is 250 g/mol. The Labute approximate surface area is 103 Å². The molecule has 2 aromatic rings. The van der Waals surface area contributed by atoms with E-state index < -0.39 is 6.10 Å². The van der Waals surface area contributed by atoms with Gasteiger partial charge in [0.2, 0.25) is 5.88 Å². The van der Waals surface area contributed by atoms with Crippen molar-refractivity contribution in [3.63, 3.8) is 0 Å². The number of methoxy groups -OCH3 is 1. The first kappa shape index (κ1) is 11.4. The molecule has 96 valence electrons. The molecule has 1 saturated carbocycles. The van der Waals surface area contributed by atoms with Crippen LogP contribution < -0.4 is 4.74 Å². The molecule has 2 heterocycles. The summed E-state index contributed by atoms with van der Waals surface area (Å²) in [4.78, 5) is 12.4. The maximum atomic E-state index is 9.60. The van der Waals surface area contributed by atoms with Crippen molar-refractivity contribution in [2.45, 2.75) is 18.6 Å². The van der Waals surface area contributed by atoms with Crippen LogP contribution >= 0.6 is 0 Å². The lowest BCUT2D eigenvalue weighted by molar-refractivity contribution is -0.0512. The summed E-state index contributed by atoms with van der Waals surface area (Å²) in [6.07, 6.45) is 3.22. The van der Waals surface area contributed by atoms with Crippen molar-refractivity contribution in [1.82, 2.24) is 19.5 Å². The van der Waals surface area contributed by atoms with Gasteiger partial charge in [-0.15, -0.1) is 0 Å². The molecule has 7 nitrogen and oxygen atoms in total. The molecule has 2 N–H and O–H groups in total. The number of nitrogens with zero attached hydrogens (tertiary/aromatic N) is 4. The van der Waals surface area contributed by atoms with Gasteiger partial charge in [-0.2, -0.15) is 4.98 Å². The Morgan fingerprint density at radius 1 is 1.44 bits per heavy atom. The molecule has 7 heteroatoms. The summed E-state index contributed by atoms with van der Waals surface area (Å²) in [5.41, 5.74) is 1.26. The second-order valence-corrected chi connectivity index (χ2v) is 4.42. The van der Waals surface area contributed by atoms with Gasteiger partial charge in [0.25, 0.3) is 0 Å². The van der Waals surface area contributed by atoms with Crippen LogP contribution in [0.25, 0.3) is 11.2 Å². The molecule has 18 heavy (non-hydrogen) atoms. The lowest BCUT2D eigenvalue weighted by Crippen LogP contribution is -2.44. The molecule has 3 rings (SSSR count). The van der Waals surface area contributed by atoms with E-state index in [1.54, 1.807) is 6.33 Å². The van der Waals surface area contributed by atoms with Gasteiger partial charge in [-0.3, -0.25) is 0 Å². The highest BCUT2D eigenvalue weighted by Gasteiger charge is 2.41. The van der Waals surface area contributed by atoms with Crippen molar-refractivity contribution in [3.05, 3.63) is 12.7 Å². The number of rotatable bonds is 3. The van der Waals surface area contributed by atoms with Gasteiger partial charge in [0, 0.05) is 12.0 Å². The predicted octanol–water partition coefficient (Wildman–Crippen LogP) is -0.251. The molecule has 0 bridgehead atoms. The van der Waals surface area contributed by atoms with E-state index in [-0.39, 0.29) is 18.6 Å². The van der Waals surface area contributed by atoms with Crippen LogP contribution in [0.15, 0.2) is 12.7 Å². The zero-order chi connectivity index (χ0) is 12.7. The van der Waals surface area contributed by atoms with Crippen molar-refractivity contribution in [3.8, 4) is 5.88 Å². The van der Waals surface area contributed by atoms with E-state index in [4.69, 9.17) is 4.74 Å². The van der Waals surface area contributed by atoms with E-state index in [9.17, 15) is 10.2 Å². The van der Waals surface area contributed by atoms with Gasteiger partial charge >= 0.3 is 0 Å². The molecular formula is C11H14N4O3. The Kier molecular flexibility index (Phi) is 2.64. The van der Waals surface area contributed by atoms with E-state index in [0.29, 0.717) is 23.5 Å². The third-order valence-corrected chi connectivity index (χ3v) is 3.56.